The van der Waals surface area contributed by atoms with Crippen LogP contribution in [0.1, 0.15) is 18.1 Å². The van der Waals surface area contributed by atoms with Crippen LogP contribution >= 0.6 is 12.2 Å². The molecule has 2 heterocycles. The summed E-state index contributed by atoms with van der Waals surface area (Å²) in [7, 11) is 1.51. The number of nitro groups is 1. The van der Waals surface area contributed by atoms with Gasteiger partial charge in [-0.25, -0.2) is 0 Å². The molecule has 31 heavy (non-hydrogen) atoms. The standard InChI is InChI=1S/C21H16N4O5S/c1-11-15(16-9-13(25(28)29)6-7-18(16)22-11)10-17-19(26)23-21(31)24(20(17)27)12-4-3-5-14(8-12)30-2/h3-10,27H,1-2H3,(H,23,26,31). The molecule has 0 saturated heterocycles. The van der Waals surface area contributed by atoms with Crippen LogP contribution in [0.3, 0.4) is 0 Å². The lowest BCUT2D eigenvalue weighted by Crippen LogP contribution is -2.16. The number of nitrogens with one attached hydrogen (secondary N) is 1. The van der Waals surface area contributed by atoms with Crippen LogP contribution in [-0.2, 0) is 0 Å². The number of nitro benzene ring substituents is 1. The van der Waals surface area contributed by atoms with Crippen LogP contribution in [0.25, 0.3) is 17.3 Å². The van der Waals surface area contributed by atoms with Crippen molar-refractivity contribution in [3.8, 4) is 17.3 Å². The van der Waals surface area contributed by atoms with Crippen molar-refractivity contribution in [1.82, 2.24) is 9.55 Å². The number of benzene rings is 2. The van der Waals surface area contributed by atoms with E-state index in [0.717, 1.165) is 0 Å². The highest BCUT2D eigenvalue weighted by Crippen LogP contribution is 2.38. The van der Waals surface area contributed by atoms with Crippen LogP contribution < -0.4 is 10.3 Å². The first-order chi connectivity index (χ1) is 14.8. The summed E-state index contributed by atoms with van der Waals surface area (Å²) in [6, 6.07) is 11.1. The lowest BCUT2D eigenvalue weighted by molar-refractivity contribution is -0.384. The quantitative estimate of drug-likeness (QED) is 0.360. The molecule has 0 fully saturated rings. The molecule has 1 aromatic heterocycles. The summed E-state index contributed by atoms with van der Waals surface area (Å²) in [4.78, 5) is 30.3. The van der Waals surface area contributed by atoms with Crippen LogP contribution in [0.5, 0.6) is 11.6 Å². The molecule has 0 amide bonds. The van der Waals surface area contributed by atoms with E-state index in [4.69, 9.17) is 17.0 Å². The van der Waals surface area contributed by atoms with Gasteiger partial charge in [-0.15, -0.1) is 0 Å². The molecule has 4 rings (SSSR count). The Morgan fingerprint density at radius 3 is 2.77 bits per heavy atom. The largest absolute Gasteiger partial charge is 0.497 e. The Kier molecular flexibility index (Phi) is 4.99. The first-order valence-corrected chi connectivity index (χ1v) is 9.50. The maximum atomic E-state index is 12.6. The molecule has 2 N–H and O–H groups in total. The first kappa shape index (κ1) is 20.2. The Morgan fingerprint density at radius 1 is 1.29 bits per heavy atom. The van der Waals surface area contributed by atoms with Gasteiger partial charge in [0.05, 0.1) is 23.4 Å². The monoisotopic (exact) mass is 436 g/mol. The molecule has 10 heteroatoms. The fourth-order valence-electron chi connectivity index (χ4n) is 3.37. The van der Waals surface area contributed by atoms with Crippen LogP contribution in [0.15, 0.2) is 52.3 Å². The summed E-state index contributed by atoms with van der Waals surface area (Å²) in [5.41, 5.74) is 1.84. The Labute approximate surface area is 180 Å². The van der Waals surface area contributed by atoms with E-state index >= 15 is 0 Å². The minimum Gasteiger partial charge on any atom is -0.497 e. The molecular weight excluding hydrogens is 420 g/mol. The van der Waals surface area contributed by atoms with E-state index in [9.17, 15) is 20.0 Å². The number of fused-ring (bicyclic) bond motifs is 1. The van der Waals surface area contributed by atoms with Gasteiger partial charge < -0.3 is 9.84 Å². The van der Waals surface area contributed by atoms with Gasteiger partial charge >= 0.3 is 0 Å². The molecule has 2 aromatic carbocycles. The van der Waals surface area contributed by atoms with E-state index in [-0.39, 0.29) is 21.9 Å². The number of nitrogens with zero attached hydrogens (tertiary/aromatic N) is 3. The predicted octanol–water partition coefficient (Wildman–Crippen LogP) is 4.16. The number of aromatic hydroxyl groups is 1. The summed E-state index contributed by atoms with van der Waals surface area (Å²) in [6.07, 6.45) is 1.45. The molecular formula is C21H16N4O5S. The van der Waals surface area contributed by atoms with Crippen molar-refractivity contribution in [3.05, 3.63) is 78.8 Å². The van der Waals surface area contributed by atoms with Crippen molar-refractivity contribution in [1.29, 1.82) is 0 Å². The summed E-state index contributed by atoms with van der Waals surface area (Å²) >= 11 is 5.25. The number of ether oxygens (including phenoxy) is 1. The highest BCUT2D eigenvalue weighted by atomic mass is 32.1. The number of hydrogen-bond donors (Lipinski definition) is 2. The van der Waals surface area contributed by atoms with Gasteiger partial charge in [0.15, 0.2) is 4.77 Å². The molecule has 0 aliphatic carbocycles. The van der Waals surface area contributed by atoms with Gasteiger partial charge in [0.1, 0.15) is 11.3 Å². The smallest absolute Gasteiger partial charge is 0.270 e. The van der Waals surface area contributed by atoms with E-state index < -0.39 is 10.5 Å². The number of aromatic nitrogens is 2. The second-order valence-electron chi connectivity index (χ2n) is 6.75. The van der Waals surface area contributed by atoms with Crippen LogP contribution in [0.2, 0.25) is 0 Å². The Morgan fingerprint density at radius 2 is 2.06 bits per heavy atom. The van der Waals surface area contributed by atoms with Gasteiger partial charge in [0.2, 0.25) is 5.88 Å². The molecule has 9 nitrogen and oxygen atoms in total. The van der Waals surface area contributed by atoms with Crippen molar-refractivity contribution in [3.63, 3.8) is 0 Å². The van der Waals surface area contributed by atoms with Crippen molar-refractivity contribution >= 4 is 41.0 Å². The molecule has 0 unspecified atom stereocenters. The molecule has 1 aliphatic rings. The average molecular weight is 436 g/mol. The highest BCUT2D eigenvalue weighted by Gasteiger charge is 2.23. The third-order valence-corrected chi connectivity index (χ3v) is 5.16. The highest BCUT2D eigenvalue weighted by molar-refractivity contribution is 7.71. The van der Waals surface area contributed by atoms with Crippen molar-refractivity contribution < 1.29 is 14.8 Å². The van der Waals surface area contributed by atoms with Gasteiger partial charge in [-0.3, -0.25) is 29.5 Å². The zero-order valence-corrected chi connectivity index (χ0v) is 17.3. The zero-order chi connectivity index (χ0) is 22.3. The maximum Gasteiger partial charge on any atom is 0.270 e. The number of rotatable bonds is 4. The topological polar surface area (TPSA) is 123 Å². The maximum absolute atomic E-state index is 12.6. The third-order valence-electron chi connectivity index (χ3n) is 4.88. The van der Waals surface area contributed by atoms with Gasteiger partial charge in [-0.1, -0.05) is 6.07 Å². The minimum atomic E-state index is -0.596. The zero-order valence-electron chi connectivity index (χ0n) is 16.4. The van der Waals surface area contributed by atoms with Crippen LogP contribution in [0.4, 0.5) is 11.4 Å². The second kappa shape index (κ2) is 7.65. The fourth-order valence-corrected chi connectivity index (χ4v) is 3.66. The van der Waals surface area contributed by atoms with E-state index in [0.29, 0.717) is 34.0 Å². The number of methoxy groups -OCH3 is 1. The van der Waals surface area contributed by atoms with Crippen molar-refractivity contribution in [2.24, 2.45) is 4.99 Å². The number of aliphatic imine (C=N–C) groups is 1. The molecule has 3 aromatic rings. The number of hydrogen-bond acceptors (Lipinski definition) is 7. The van der Waals surface area contributed by atoms with E-state index in [1.165, 1.54) is 29.9 Å². The molecule has 0 bridgehead atoms. The summed E-state index contributed by atoms with van der Waals surface area (Å²) in [6.45, 7) is 1.72. The van der Waals surface area contributed by atoms with Crippen molar-refractivity contribution in [2.45, 2.75) is 6.92 Å². The molecule has 1 aliphatic heterocycles. The van der Waals surface area contributed by atoms with E-state index in [1.807, 2.05) is 0 Å². The van der Waals surface area contributed by atoms with Gasteiger partial charge in [-0.2, -0.15) is 0 Å². The number of non-ortho nitro benzene ring substituents is 1. The molecule has 0 atom stereocenters. The lowest BCUT2D eigenvalue weighted by Gasteiger charge is -2.13. The molecule has 0 saturated carbocycles. The van der Waals surface area contributed by atoms with Gasteiger partial charge in [0, 0.05) is 35.0 Å². The second-order valence-corrected chi connectivity index (χ2v) is 7.13. The average Bonchev–Trinajstić information content (AvgIpc) is 3.05. The third kappa shape index (κ3) is 3.53. The molecule has 0 spiro atoms. The summed E-state index contributed by atoms with van der Waals surface area (Å²) < 4.78 is 6.53. The van der Waals surface area contributed by atoms with Crippen molar-refractivity contribution in [2.75, 3.05) is 7.11 Å². The molecule has 156 valence electrons. The SMILES string of the molecule is COc1cccc(-n2c(O)c(C=C3C(C)=Nc4ccc([N+](=O)[O-])cc43)c(=O)[nH]c2=S)c1. The summed E-state index contributed by atoms with van der Waals surface area (Å²) in [5, 5.41) is 22.1. The number of allylic oxidation sites excluding steroid dienone is 1. The predicted molar refractivity (Wildman–Crippen MR) is 119 cm³/mol. The lowest BCUT2D eigenvalue weighted by atomic mass is 10.0. The summed E-state index contributed by atoms with van der Waals surface area (Å²) in [5.74, 6) is 0.172. The van der Waals surface area contributed by atoms with Gasteiger partial charge in [-0.05, 0) is 43.4 Å². The fraction of sp³-hybridized carbons (Fsp3) is 0.0952. The van der Waals surface area contributed by atoms with Crippen LogP contribution in [0, 0.1) is 14.9 Å². The minimum absolute atomic E-state index is 0.00533. The van der Waals surface area contributed by atoms with Gasteiger partial charge in [0.25, 0.3) is 11.2 Å². The number of H-pyrrole nitrogens is 1. The Balaban J connectivity index is 1.93. The molecule has 0 radical (unpaired) electrons. The Hall–Kier alpha value is -4.05. The first-order valence-electron chi connectivity index (χ1n) is 9.09. The normalized spacial score (nSPS) is 13.7. The van der Waals surface area contributed by atoms with E-state index in [1.54, 1.807) is 37.3 Å². The van der Waals surface area contributed by atoms with E-state index in [2.05, 4.69) is 9.98 Å². The Bertz CT molecular complexity index is 1420. The number of aromatic amines is 1. The van der Waals surface area contributed by atoms with Crippen LogP contribution in [-0.4, -0.2) is 32.4 Å².